The summed E-state index contributed by atoms with van der Waals surface area (Å²) in [5.41, 5.74) is 2.55. The lowest BCUT2D eigenvalue weighted by Gasteiger charge is -2.19. The number of hydrogen-bond acceptors (Lipinski definition) is 2. The van der Waals surface area contributed by atoms with Gasteiger partial charge in [-0.15, -0.1) is 0 Å². The first-order valence-electron chi connectivity index (χ1n) is 6.86. The SMILES string of the molecule is CNCC(Cc1cc(Br)ccc1OC)c1ccc(Br)cc1. The average Bonchev–Trinajstić information content (AvgIpc) is 2.48. The second kappa shape index (κ2) is 7.97. The van der Waals surface area contributed by atoms with E-state index in [4.69, 9.17) is 4.74 Å². The fraction of sp³-hybridized carbons (Fsp3) is 0.294. The van der Waals surface area contributed by atoms with Gasteiger partial charge in [0, 0.05) is 21.4 Å². The summed E-state index contributed by atoms with van der Waals surface area (Å²) in [6, 6.07) is 14.7. The predicted molar refractivity (Wildman–Crippen MR) is 95.2 cm³/mol. The van der Waals surface area contributed by atoms with Gasteiger partial charge in [-0.3, -0.25) is 0 Å². The summed E-state index contributed by atoms with van der Waals surface area (Å²) in [7, 11) is 3.71. The first-order chi connectivity index (χ1) is 10.1. The van der Waals surface area contributed by atoms with Gasteiger partial charge in [-0.25, -0.2) is 0 Å². The third-order valence-corrected chi connectivity index (χ3v) is 4.52. The van der Waals surface area contributed by atoms with Gasteiger partial charge in [0.1, 0.15) is 5.75 Å². The minimum atomic E-state index is 0.409. The van der Waals surface area contributed by atoms with E-state index < -0.39 is 0 Å². The van der Waals surface area contributed by atoms with Crippen molar-refractivity contribution in [1.29, 1.82) is 0 Å². The smallest absolute Gasteiger partial charge is 0.122 e. The van der Waals surface area contributed by atoms with Gasteiger partial charge in [0.25, 0.3) is 0 Å². The number of benzene rings is 2. The molecule has 0 amide bonds. The number of hydrogen-bond donors (Lipinski definition) is 1. The van der Waals surface area contributed by atoms with Crippen molar-refractivity contribution in [2.45, 2.75) is 12.3 Å². The van der Waals surface area contributed by atoms with Crippen LogP contribution in [0.4, 0.5) is 0 Å². The van der Waals surface area contributed by atoms with Crippen LogP contribution in [0.5, 0.6) is 5.75 Å². The van der Waals surface area contributed by atoms with Gasteiger partial charge in [0.2, 0.25) is 0 Å². The third kappa shape index (κ3) is 4.56. The molecule has 4 heteroatoms. The van der Waals surface area contributed by atoms with E-state index in [2.05, 4.69) is 67.5 Å². The van der Waals surface area contributed by atoms with Crippen molar-refractivity contribution >= 4 is 31.9 Å². The van der Waals surface area contributed by atoms with Gasteiger partial charge in [-0.05, 0) is 54.9 Å². The zero-order valence-electron chi connectivity index (χ0n) is 12.2. The second-order valence-electron chi connectivity index (χ2n) is 4.97. The summed E-state index contributed by atoms with van der Waals surface area (Å²) in [4.78, 5) is 0. The largest absolute Gasteiger partial charge is 0.496 e. The Hall–Kier alpha value is -0.840. The summed E-state index contributed by atoms with van der Waals surface area (Å²) in [5, 5.41) is 3.29. The van der Waals surface area contributed by atoms with E-state index >= 15 is 0 Å². The van der Waals surface area contributed by atoms with Crippen molar-refractivity contribution in [1.82, 2.24) is 5.32 Å². The lowest BCUT2D eigenvalue weighted by molar-refractivity contribution is 0.407. The van der Waals surface area contributed by atoms with Gasteiger partial charge in [-0.2, -0.15) is 0 Å². The summed E-state index contributed by atoms with van der Waals surface area (Å²) in [6.45, 7) is 0.928. The van der Waals surface area contributed by atoms with Gasteiger partial charge in [0.05, 0.1) is 7.11 Å². The molecule has 0 bridgehead atoms. The molecule has 0 spiro atoms. The Labute approximate surface area is 143 Å². The van der Waals surface area contributed by atoms with Crippen molar-refractivity contribution in [2.24, 2.45) is 0 Å². The van der Waals surface area contributed by atoms with E-state index in [0.29, 0.717) is 5.92 Å². The molecule has 2 nitrogen and oxygen atoms in total. The van der Waals surface area contributed by atoms with Gasteiger partial charge in [-0.1, -0.05) is 44.0 Å². The van der Waals surface area contributed by atoms with Crippen molar-refractivity contribution < 1.29 is 4.74 Å². The molecule has 0 aliphatic heterocycles. The minimum Gasteiger partial charge on any atom is -0.496 e. The molecule has 0 aromatic heterocycles. The highest BCUT2D eigenvalue weighted by molar-refractivity contribution is 9.10. The average molecular weight is 413 g/mol. The summed E-state index contributed by atoms with van der Waals surface area (Å²) >= 11 is 7.03. The second-order valence-corrected chi connectivity index (χ2v) is 6.80. The molecular weight excluding hydrogens is 394 g/mol. The molecule has 0 radical (unpaired) electrons. The number of likely N-dealkylation sites (N-methyl/N-ethyl adjacent to an activating group) is 1. The Bertz CT molecular complexity index is 584. The lowest BCUT2D eigenvalue weighted by atomic mass is 9.91. The minimum absolute atomic E-state index is 0.409. The normalized spacial score (nSPS) is 12.2. The van der Waals surface area contributed by atoms with Crippen LogP contribution in [-0.2, 0) is 6.42 Å². The van der Waals surface area contributed by atoms with E-state index in [0.717, 1.165) is 27.7 Å². The quantitative estimate of drug-likeness (QED) is 0.737. The molecule has 0 aliphatic carbocycles. The van der Waals surface area contributed by atoms with Gasteiger partial charge < -0.3 is 10.1 Å². The monoisotopic (exact) mass is 411 g/mol. The van der Waals surface area contributed by atoms with Crippen LogP contribution in [0.2, 0.25) is 0 Å². The van der Waals surface area contributed by atoms with Crippen LogP contribution in [0, 0.1) is 0 Å². The summed E-state index contributed by atoms with van der Waals surface area (Å²) < 4.78 is 7.67. The van der Waals surface area contributed by atoms with Gasteiger partial charge >= 0.3 is 0 Å². The highest BCUT2D eigenvalue weighted by atomic mass is 79.9. The van der Waals surface area contributed by atoms with Crippen LogP contribution in [-0.4, -0.2) is 20.7 Å². The van der Waals surface area contributed by atoms with Crippen LogP contribution in [0.3, 0.4) is 0 Å². The molecule has 1 N–H and O–H groups in total. The maximum Gasteiger partial charge on any atom is 0.122 e. The van der Waals surface area contributed by atoms with Crippen molar-refractivity contribution in [3.05, 3.63) is 62.5 Å². The zero-order chi connectivity index (χ0) is 15.2. The van der Waals surface area contributed by atoms with Crippen LogP contribution in [0.1, 0.15) is 17.0 Å². The highest BCUT2D eigenvalue weighted by Gasteiger charge is 2.15. The maximum absolute atomic E-state index is 5.49. The molecule has 2 aromatic rings. The Kier molecular flexibility index (Phi) is 6.27. The fourth-order valence-electron chi connectivity index (χ4n) is 2.46. The van der Waals surface area contributed by atoms with Gasteiger partial charge in [0.15, 0.2) is 0 Å². The van der Waals surface area contributed by atoms with E-state index in [1.165, 1.54) is 11.1 Å². The molecular formula is C17H19Br2NO. The van der Waals surface area contributed by atoms with E-state index in [1.807, 2.05) is 19.2 Å². The summed E-state index contributed by atoms with van der Waals surface area (Å²) in [5.74, 6) is 1.35. The predicted octanol–water partition coefficient (Wildman–Crippen LogP) is 4.77. The highest BCUT2D eigenvalue weighted by Crippen LogP contribution is 2.29. The van der Waals surface area contributed by atoms with Crippen LogP contribution < -0.4 is 10.1 Å². The molecule has 0 heterocycles. The Morgan fingerprint density at radius 2 is 1.71 bits per heavy atom. The van der Waals surface area contributed by atoms with Crippen molar-refractivity contribution in [2.75, 3.05) is 20.7 Å². The van der Waals surface area contributed by atoms with Crippen LogP contribution in [0.25, 0.3) is 0 Å². The standard InChI is InChI=1S/C17H19Br2NO/c1-20-11-14(12-3-5-15(18)6-4-12)9-13-10-16(19)7-8-17(13)21-2/h3-8,10,14,20H,9,11H2,1-2H3. The third-order valence-electron chi connectivity index (χ3n) is 3.50. The first kappa shape index (κ1) is 16.5. The number of ether oxygens (including phenoxy) is 1. The Morgan fingerprint density at radius 3 is 2.33 bits per heavy atom. The molecule has 1 unspecified atom stereocenters. The van der Waals surface area contributed by atoms with E-state index in [9.17, 15) is 0 Å². The maximum atomic E-state index is 5.49. The Balaban J connectivity index is 2.27. The zero-order valence-corrected chi connectivity index (χ0v) is 15.4. The van der Waals surface area contributed by atoms with Crippen molar-refractivity contribution in [3.63, 3.8) is 0 Å². The molecule has 112 valence electrons. The molecule has 0 aliphatic rings. The molecule has 0 saturated carbocycles. The molecule has 2 aromatic carbocycles. The number of nitrogens with one attached hydrogen (secondary N) is 1. The first-order valence-corrected chi connectivity index (χ1v) is 8.45. The molecule has 2 rings (SSSR count). The molecule has 0 saturated heterocycles. The number of halogens is 2. The molecule has 0 fully saturated rings. The van der Waals surface area contributed by atoms with E-state index in [1.54, 1.807) is 7.11 Å². The number of methoxy groups -OCH3 is 1. The lowest BCUT2D eigenvalue weighted by Crippen LogP contribution is -2.19. The number of rotatable bonds is 6. The molecule has 21 heavy (non-hydrogen) atoms. The van der Waals surface area contributed by atoms with Crippen LogP contribution in [0.15, 0.2) is 51.4 Å². The van der Waals surface area contributed by atoms with E-state index in [-0.39, 0.29) is 0 Å². The summed E-state index contributed by atoms with van der Waals surface area (Å²) in [6.07, 6.45) is 0.936. The van der Waals surface area contributed by atoms with Crippen molar-refractivity contribution in [3.8, 4) is 5.75 Å². The topological polar surface area (TPSA) is 21.3 Å². The molecule has 1 atom stereocenters. The fourth-order valence-corrected chi connectivity index (χ4v) is 3.13. The van der Waals surface area contributed by atoms with Crippen LogP contribution >= 0.6 is 31.9 Å². The Morgan fingerprint density at radius 1 is 1.05 bits per heavy atom.